The predicted octanol–water partition coefficient (Wildman–Crippen LogP) is -1.19. The van der Waals surface area contributed by atoms with E-state index in [2.05, 4.69) is 5.16 Å². The van der Waals surface area contributed by atoms with E-state index in [9.17, 15) is 0 Å². The second kappa shape index (κ2) is 3.71. The number of aryl methyl sites for hydroxylation is 1. The standard InChI is InChI=1S/C6H10BNO4/c1-4-6(7(9)10)5(3-11-2)8-12-4/h9-10H,3H2,1-2H3. The van der Waals surface area contributed by atoms with E-state index >= 15 is 0 Å². The average molecular weight is 171 g/mol. The molecule has 5 nitrogen and oxygen atoms in total. The number of aromatic nitrogens is 1. The van der Waals surface area contributed by atoms with Gasteiger partial charge in [0.15, 0.2) is 0 Å². The highest BCUT2D eigenvalue weighted by Crippen LogP contribution is 2.00. The molecule has 12 heavy (non-hydrogen) atoms. The Balaban J connectivity index is 2.95. The summed E-state index contributed by atoms with van der Waals surface area (Å²) in [4.78, 5) is 0. The van der Waals surface area contributed by atoms with Gasteiger partial charge in [0.05, 0.1) is 12.1 Å². The zero-order valence-electron chi connectivity index (χ0n) is 6.94. The quantitative estimate of drug-likeness (QED) is 0.559. The van der Waals surface area contributed by atoms with Crippen LogP contribution in [0.4, 0.5) is 0 Å². The van der Waals surface area contributed by atoms with E-state index in [1.54, 1.807) is 6.92 Å². The van der Waals surface area contributed by atoms with Gasteiger partial charge in [-0.05, 0) is 6.92 Å². The first kappa shape index (κ1) is 9.24. The normalized spacial score (nSPS) is 10.3. The average Bonchev–Trinajstić information content (AvgIpc) is 2.32. The zero-order chi connectivity index (χ0) is 9.14. The van der Waals surface area contributed by atoms with Crippen molar-refractivity contribution in [3.63, 3.8) is 0 Å². The highest BCUT2D eigenvalue weighted by molar-refractivity contribution is 6.59. The molecule has 0 atom stereocenters. The van der Waals surface area contributed by atoms with Crippen molar-refractivity contribution in [3.05, 3.63) is 11.5 Å². The molecule has 1 aromatic heterocycles. The van der Waals surface area contributed by atoms with Crippen molar-refractivity contribution in [2.24, 2.45) is 0 Å². The van der Waals surface area contributed by atoms with Crippen molar-refractivity contribution in [1.29, 1.82) is 0 Å². The highest BCUT2D eigenvalue weighted by atomic mass is 16.5. The van der Waals surface area contributed by atoms with Crippen LogP contribution in [-0.2, 0) is 11.3 Å². The third-order valence-electron chi connectivity index (χ3n) is 1.52. The topological polar surface area (TPSA) is 75.7 Å². The van der Waals surface area contributed by atoms with E-state index in [0.29, 0.717) is 11.5 Å². The molecule has 0 aliphatic carbocycles. The molecule has 66 valence electrons. The third-order valence-corrected chi connectivity index (χ3v) is 1.52. The predicted molar refractivity (Wildman–Crippen MR) is 41.8 cm³/mol. The largest absolute Gasteiger partial charge is 0.494 e. The monoisotopic (exact) mass is 171 g/mol. The maximum absolute atomic E-state index is 8.90. The number of nitrogens with zero attached hydrogens (tertiary/aromatic N) is 1. The molecule has 0 radical (unpaired) electrons. The van der Waals surface area contributed by atoms with E-state index in [4.69, 9.17) is 19.3 Å². The number of methoxy groups -OCH3 is 1. The molecule has 0 unspecified atom stereocenters. The van der Waals surface area contributed by atoms with Crippen LogP contribution in [0, 0.1) is 6.92 Å². The summed E-state index contributed by atoms with van der Waals surface area (Å²) in [7, 11) is -0.0567. The maximum Gasteiger partial charge on any atom is 0.494 e. The molecule has 2 N–H and O–H groups in total. The summed E-state index contributed by atoms with van der Waals surface area (Å²) in [6.07, 6.45) is 0. The second-order valence-electron chi connectivity index (χ2n) is 2.41. The van der Waals surface area contributed by atoms with Crippen LogP contribution < -0.4 is 5.46 Å². The smallest absolute Gasteiger partial charge is 0.423 e. The molecule has 0 saturated carbocycles. The summed E-state index contributed by atoms with van der Waals surface area (Å²) < 4.78 is 9.55. The fourth-order valence-electron chi connectivity index (χ4n) is 0.997. The first-order chi connectivity index (χ1) is 5.66. The molecule has 1 aromatic rings. The number of rotatable bonds is 3. The molecule has 0 aliphatic heterocycles. The van der Waals surface area contributed by atoms with Crippen LogP contribution in [0.3, 0.4) is 0 Å². The van der Waals surface area contributed by atoms with Gasteiger partial charge in [0.25, 0.3) is 0 Å². The van der Waals surface area contributed by atoms with Crippen LogP contribution in [-0.4, -0.2) is 29.4 Å². The van der Waals surface area contributed by atoms with Gasteiger partial charge in [0.2, 0.25) is 0 Å². The van der Waals surface area contributed by atoms with Crippen molar-refractivity contribution in [2.45, 2.75) is 13.5 Å². The summed E-state index contributed by atoms with van der Waals surface area (Å²) in [6, 6.07) is 0. The summed E-state index contributed by atoms with van der Waals surface area (Å²) in [6.45, 7) is 1.82. The fourth-order valence-corrected chi connectivity index (χ4v) is 0.997. The van der Waals surface area contributed by atoms with Crippen molar-refractivity contribution >= 4 is 12.6 Å². The molecule has 0 aliphatic rings. The maximum atomic E-state index is 8.90. The summed E-state index contributed by atoms with van der Waals surface area (Å²) in [5, 5.41) is 21.4. The SMILES string of the molecule is COCc1noc(C)c1B(O)O. The van der Waals surface area contributed by atoms with Crippen LogP contribution in [0.5, 0.6) is 0 Å². The van der Waals surface area contributed by atoms with Crippen LogP contribution >= 0.6 is 0 Å². The van der Waals surface area contributed by atoms with Crippen molar-refractivity contribution in [2.75, 3.05) is 7.11 Å². The van der Waals surface area contributed by atoms with E-state index in [0.717, 1.165) is 0 Å². The van der Waals surface area contributed by atoms with Crippen molar-refractivity contribution in [1.82, 2.24) is 5.16 Å². The van der Waals surface area contributed by atoms with Crippen LogP contribution in [0.15, 0.2) is 4.52 Å². The lowest BCUT2D eigenvalue weighted by Crippen LogP contribution is -2.33. The van der Waals surface area contributed by atoms with Gasteiger partial charge in [-0.3, -0.25) is 0 Å². The lowest BCUT2D eigenvalue weighted by Gasteiger charge is -1.98. The Morgan fingerprint density at radius 2 is 2.25 bits per heavy atom. The molecular formula is C6H10BNO4. The minimum absolute atomic E-state index is 0.213. The molecule has 6 heteroatoms. The van der Waals surface area contributed by atoms with Gasteiger partial charge in [0.1, 0.15) is 11.5 Å². The minimum atomic E-state index is -1.55. The molecule has 0 aromatic carbocycles. The Labute approximate surface area is 70.1 Å². The van der Waals surface area contributed by atoms with E-state index < -0.39 is 7.12 Å². The first-order valence-corrected chi connectivity index (χ1v) is 3.47. The number of ether oxygens (including phenoxy) is 1. The lowest BCUT2D eigenvalue weighted by molar-refractivity contribution is 0.177. The van der Waals surface area contributed by atoms with Crippen LogP contribution in [0.2, 0.25) is 0 Å². The summed E-state index contributed by atoms with van der Waals surface area (Å²) >= 11 is 0. The van der Waals surface area contributed by atoms with Gasteiger partial charge in [-0.2, -0.15) is 0 Å². The Morgan fingerprint density at radius 3 is 2.75 bits per heavy atom. The van der Waals surface area contributed by atoms with Gasteiger partial charge >= 0.3 is 7.12 Å². The van der Waals surface area contributed by atoms with Crippen molar-refractivity contribution in [3.8, 4) is 0 Å². The Kier molecular flexibility index (Phi) is 2.85. The van der Waals surface area contributed by atoms with E-state index in [1.165, 1.54) is 7.11 Å². The molecule has 1 rings (SSSR count). The molecule has 0 spiro atoms. The van der Waals surface area contributed by atoms with Gasteiger partial charge in [-0.1, -0.05) is 5.16 Å². The lowest BCUT2D eigenvalue weighted by atomic mass is 9.78. The van der Waals surface area contributed by atoms with E-state index in [1.807, 2.05) is 0 Å². The molecule has 0 bridgehead atoms. The van der Waals surface area contributed by atoms with Crippen LogP contribution in [0.1, 0.15) is 11.5 Å². The third kappa shape index (κ3) is 1.66. The molecule has 0 amide bonds. The minimum Gasteiger partial charge on any atom is -0.423 e. The van der Waals surface area contributed by atoms with Gasteiger partial charge in [0, 0.05) is 7.11 Å². The first-order valence-electron chi connectivity index (χ1n) is 3.47. The highest BCUT2D eigenvalue weighted by Gasteiger charge is 2.23. The number of hydrogen-bond acceptors (Lipinski definition) is 5. The second-order valence-corrected chi connectivity index (χ2v) is 2.41. The van der Waals surface area contributed by atoms with Gasteiger partial charge < -0.3 is 19.3 Å². The fraction of sp³-hybridized carbons (Fsp3) is 0.500. The van der Waals surface area contributed by atoms with Gasteiger partial charge in [-0.15, -0.1) is 0 Å². The summed E-state index contributed by atoms with van der Waals surface area (Å²) in [5.74, 6) is 0.400. The Morgan fingerprint density at radius 1 is 1.58 bits per heavy atom. The molecule has 0 saturated heterocycles. The zero-order valence-corrected chi connectivity index (χ0v) is 6.94. The molecule has 0 fully saturated rings. The molecular weight excluding hydrogens is 161 g/mol. The number of hydrogen-bond donors (Lipinski definition) is 2. The Hall–Kier alpha value is -0.845. The van der Waals surface area contributed by atoms with E-state index in [-0.39, 0.29) is 12.1 Å². The summed E-state index contributed by atoms with van der Waals surface area (Å²) in [5.41, 5.74) is 0.710. The molecule has 1 heterocycles. The Bertz CT molecular complexity index is 260. The van der Waals surface area contributed by atoms with Gasteiger partial charge in [-0.25, -0.2) is 0 Å². The van der Waals surface area contributed by atoms with Crippen LogP contribution in [0.25, 0.3) is 0 Å². The van der Waals surface area contributed by atoms with Crippen molar-refractivity contribution < 1.29 is 19.3 Å².